The van der Waals surface area contributed by atoms with Crippen LogP contribution in [0.5, 0.6) is 0 Å². The van der Waals surface area contributed by atoms with Crippen LogP contribution in [0.1, 0.15) is 43.7 Å². The Hall–Kier alpha value is -1.93. The zero-order valence-corrected chi connectivity index (χ0v) is 17.4. The summed E-state index contributed by atoms with van der Waals surface area (Å²) >= 11 is 3.27. The molecule has 1 atom stereocenters. The van der Waals surface area contributed by atoms with Gasteiger partial charge in [0.05, 0.1) is 11.9 Å². The van der Waals surface area contributed by atoms with E-state index < -0.39 is 0 Å². The first-order chi connectivity index (χ1) is 13.0. The molecule has 3 aromatic rings. The number of carbonyl (C=O) groups is 1. The Morgan fingerprint density at radius 2 is 2.30 bits per heavy atom. The van der Waals surface area contributed by atoms with E-state index in [1.165, 1.54) is 28.6 Å². The largest absolute Gasteiger partial charge is 0.310 e. The van der Waals surface area contributed by atoms with Gasteiger partial charge in [-0.1, -0.05) is 18.7 Å². The average molecular weight is 402 g/mol. The molecular weight excluding hydrogens is 378 g/mol. The smallest absolute Gasteiger partial charge is 0.235 e. The SMILES string of the molecule is CC(C)n1nccc1NC(=O)CSc1ncnc2sc3c(c12)CC[C@@H](C)C3. The molecule has 3 aromatic heterocycles. The normalized spacial score (nSPS) is 16.7. The lowest BCUT2D eigenvalue weighted by Gasteiger charge is -2.18. The predicted molar refractivity (Wildman–Crippen MR) is 111 cm³/mol. The van der Waals surface area contributed by atoms with Gasteiger partial charge in [0, 0.05) is 22.4 Å². The van der Waals surface area contributed by atoms with Crippen LogP contribution in [0.25, 0.3) is 10.2 Å². The number of aryl methyl sites for hydroxylation is 1. The first kappa shape index (κ1) is 18.4. The van der Waals surface area contributed by atoms with Gasteiger partial charge in [-0.05, 0) is 44.6 Å². The minimum atomic E-state index is -0.0492. The van der Waals surface area contributed by atoms with Crippen LogP contribution in [0, 0.1) is 5.92 Å². The van der Waals surface area contributed by atoms with Crippen LogP contribution < -0.4 is 5.32 Å². The Morgan fingerprint density at radius 3 is 3.11 bits per heavy atom. The first-order valence-electron chi connectivity index (χ1n) is 9.24. The Morgan fingerprint density at radius 1 is 1.44 bits per heavy atom. The number of aromatic nitrogens is 4. The monoisotopic (exact) mass is 401 g/mol. The summed E-state index contributed by atoms with van der Waals surface area (Å²) in [4.78, 5) is 23.9. The molecule has 142 valence electrons. The number of fused-ring (bicyclic) bond motifs is 3. The van der Waals surface area contributed by atoms with Crippen molar-refractivity contribution >= 4 is 45.0 Å². The number of thiophene rings is 1. The summed E-state index contributed by atoms with van der Waals surface area (Å²) in [5, 5.41) is 9.28. The third-order valence-electron chi connectivity index (χ3n) is 4.82. The van der Waals surface area contributed by atoms with Crippen molar-refractivity contribution < 1.29 is 4.79 Å². The molecule has 0 fully saturated rings. The van der Waals surface area contributed by atoms with Crippen molar-refractivity contribution in [3.63, 3.8) is 0 Å². The number of nitrogens with zero attached hydrogens (tertiary/aromatic N) is 4. The molecule has 0 bridgehead atoms. The van der Waals surface area contributed by atoms with Crippen LogP contribution in [0.4, 0.5) is 5.82 Å². The number of rotatable bonds is 5. The number of hydrogen-bond donors (Lipinski definition) is 1. The lowest BCUT2D eigenvalue weighted by Crippen LogP contribution is -2.18. The van der Waals surface area contributed by atoms with E-state index in [0.29, 0.717) is 5.75 Å². The molecule has 3 heterocycles. The summed E-state index contributed by atoms with van der Waals surface area (Å²) in [5.41, 5.74) is 1.40. The summed E-state index contributed by atoms with van der Waals surface area (Å²) < 4.78 is 1.81. The number of nitrogens with one attached hydrogen (secondary N) is 1. The van der Waals surface area contributed by atoms with Crippen LogP contribution in [0.15, 0.2) is 23.6 Å². The third kappa shape index (κ3) is 3.73. The van der Waals surface area contributed by atoms with Crippen LogP contribution in [0.3, 0.4) is 0 Å². The molecule has 8 heteroatoms. The van der Waals surface area contributed by atoms with Crippen molar-refractivity contribution in [3.8, 4) is 0 Å². The molecule has 6 nitrogen and oxygen atoms in total. The highest BCUT2D eigenvalue weighted by atomic mass is 32.2. The number of thioether (sulfide) groups is 1. The molecule has 1 aliphatic rings. The van der Waals surface area contributed by atoms with E-state index in [2.05, 4.69) is 27.3 Å². The van der Waals surface area contributed by atoms with E-state index >= 15 is 0 Å². The zero-order chi connectivity index (χ0) is 19.0. The van der Waals surface area contributed by atoms with E-state index in [1.807, 2.05) is 24.6 Å². The Balaban J connectivity index is 1.50. The van der Waals surface area contributed by atoms with Gasteiger partial charge in [0.1, 0.15) is 22.0 Å². The van der Waals surface area contributed by atoms with Crippen molar-refractivity contribution in [2.75, 3.05) is 11.1 Å². The first-order valence-corrected chi connectivity index (χ1v) is 11.0. The second-order valence-electron chi connectivity index (χ2n) is 7.30. The topological polar surface area (TPSA) is 72.7 Å². The van der Waals surface area contributed by atoms with E-state index in [-0.39, 0.29) is 11.9 Å². The van der Waals surface area contributed by atoms with Gasteiger partial charge in [-0.15, -0.1) is 11.3 Å². The van der Waals surface area contributed by atoms with Crippen LogP contribution in [0.2, 0.25) is 0 Å². The Labute approximate surface area is 166 Å². The molecule has 0 radical (unpaired) electrons. The van der Waals surface area contributed by atoms with Gasteiger partial charge in [0.2, 0.25) is 5.91 Å². The maximum Gasteiger partial charge on any atom is 0.235 e. The average Bonchev–Trinajstić information content (AvgIpc) is 3.23. The molecule has 0 aromatic carbocycles. The quantitative estimate of drug-likeness (QED) is 0.509. The molecule has 27 heavy (non-hydrogen) atoms. The summed E-state index contributed by atoms with van der Waals surface area (Å²) in [5.74, 6) is 1.72. The maximum absolute atomic E-state index is 12.5. The highest BCUT2D eigenvalue weighted by Crippen LogP contribution is 2.40. The van der Waals surface area contributed by atoms with Crippen LogP contribution in [-0.2, 0) is 17.6 Å². The molecule has 0 unspecified atom stereocenters. The van der Waals surface area contributed by atoms with E-state index in [9.17, 15) is 4.79 Å². The van der Waals surface area contributed by atoms with Gasteiger partial charge in [-0.2, -0.15) is 5.10 Å². The Bertz CT molecular complexity index is 978. The minimum Gasteiger partial charge on any atom is -0.310 e. The number of hydrogen-bond acceptors (Lipinski definition) is 6. The summed E-state index contributed by atoms with van der Waals surface area (Å²) in [6.07, 6.45) is 6.73. The molecule has 4 rings (SSSR count). The van der Waals surface area contributed by atoms with Crippen molar-refractivity contribution in [2.45, 2.75) is 51.1 Å². The van der Waals surface area contributed by atoms with Gasteiger partial charge in [-0.25, -0.2) is 14.6 Å². The maximum atomic E-state index is 12.5. The fraction of sp³-hybridized carbons (Fsp3) is 0.474. The van der Waals surface area contributed by atoms with E-state index in [4.69, 9.17) is 0 Å². The molecule has 0 saturated heterocycles. The van der Waals surface area contributed by atoms with Gasteiger partial charge in [0.15, 0.2) is 0 Å². The molecule has 1 amide bonds. The molecule has 1 aliphatic carbocycles. The number of amides is 1. The van der Waals surface area contributed by atoms with Crippen molar-refractivity contribution in [3.05, 3.63) is 29.0 Å². The minimum absolute atomic E-state index is 0.0492. The highest BCUT2D eigenvalue weighted by molar-refractivity contribution is 8.00. The lowest BCUT2D eigenvalue weighted by molar-refractivity contribution is -0.113. The predicted octanol–water partition coefficient (Wildman–Crippen LogP) is 4.32. The third-order valence-corrected chi connectivity index (χ3v) is 6.98. The fourth-order valence-electron chi connectivity index (χ4n) is 3.49. The second kappa shape index (κ2) is 7.59. The van der Waals surface area contributed by atoms with Crippen molar-refractivity contribution in [1.82, 2.24) is 19.7 Å². The summed E-state index contributed by atoms with van der Waals surface area (Å²) in [6, 6.07) is 2.02. The second-order valence-corrected chi connectivity index (χ2v) is 9.35. The highest BCUT2D eigenvalue weighted by Gasteiger charge is 2.23. The molecular formula is C19H23N5OS2. The van der Waals surface area contributed by atoms with Gasteiger partial charge in [0.25, 0.3) is 0 Å². The molecule has 0 aliphatic heterocycles. The van der Waals surface area contributed by atoms with Gasteiger partial charge in [-0.3, -0.25) is 4.79 Å². The number of carbonyl (C=O) groups excluding carboxylic acids is 1. The molecule has 1 N–H and O–H groups in total. The zero-order valence-electron chi connectivity index (χ0n) is 15.7. The molecule has 0 saturated carbocycles. The molecule has 0 spiro atoms. The van der Waals surface area contributed by atoms with E-state index in [1.54, 1.807) is 23.9 Å². The van der Waals surface area contributed by atoms with Gasteiger partial charge >= 0.3 is 0 Å². The standard InChI is InChI=1S/C19H23N5OS2/c1-11(2)24-15(6-7-22-24)23-16(25)9-26-18-17-13-5-4-12(3)8-14(13)27-19(17)21-10-20-18/h6-7,10-12H,4-5,8-9H2,1-3H3,(H,23,25)/t12-/m1/s1. The van der Waals surface area contributed by atoms with Gasteiger partial charge < -0.3 is 5.32 Å². The lowest BCUT2D eigenvalue weighted by atomic mass is 9.89. The van der Waals surface area contributed by atoms with Crippen molar-refractivity contribution in [2.24, 2.45) is 5.92 Å². The fourth-order valence-corrected chi connectivity index (χ4v) is 5.73. The summed E-state index contributed by atoms with van der Waals surface area (Å²) in [7, 11) is 0. The Kier molecular flexibility index (Phi) is 5.19. The number of anilines is 1. The van der Waals surface area contributed by atoms with E-state index in [0.717, 1.165) is 39.8 Å². The van der Waals surface area contributed by atoms with Crippen molar-refractivity contribution in [1.29, 1.82) is 0 Å². The van der Waals surface area contributed by atoms with Crippen LogP contribution in [-0.4, -0.2) is 31.4 Å². The summed E-state index contributed by atoms with van der Waals surface area (Å²) in [6.45, 7) is 6.38. The van der Waals surface area contributed by atoms with Crippen LogP contribution >= 0.6 is 23.1 Å².